The van der Waals surface area contributed by atoms with Crippen LogP contribution >= 0.6 is 9.24 Å². The molecule has 0 aliphatic heterocycles. The molecular weight excluding hydrogens is 213 g/mol. The number of aryl methyl sites for hydroxylation is 1. The SMILES string of the molecule is CC.Cc1ccc(-c2ccc(P)cn2)cc1. The van der Waals surface area contributed by atoms with E-state index >= 15 is 0 Å². The summed E-state index contributed by atoms with van der Waals surface area (Å²) in [6.45, 7) is 6.09. The van der Waals surface area contributed by atoms with E-state index in [1.807, 2.05) is 32.2 Å². The normalized spacial score (nSPS) is 9.25. The van der Waals surface area contributed by atoms with Gasteiger partial charge in [0.25, 0.3) is 0 Å². The van der Waals surface area contributed by atoms with Crippen LogP contribution in [0.2, 0.25) is 0 Å². The zero-order chi connectivity index (χ0) is 12.0. The molecule has 1 nitrogen and oxygen atoms in total. The van der Waals surface area contributed by atoms with E-state index in [-0.39, 0.29) is 0 Å². The molecule has 1 unspecified atom stereocenters. The summed E-state index contributed by atoms with van der Waals surface area (Å²) in [5, 5.41) is 1.11. The van der Waals surface area contributed by atoms with Crippen molar-refractivity contribution in [3.05, 3.63) is 48.2 Å². The maximum atomic E-state index is 4.36. The van der Waals surface area contributed by atoms with Crippen LogP contribution in [-0.4, -0.2) is 4.98 Å². The molecule has 0 bridgehead atoms. The molecule has 1 atom stereocenters. The molecule has 16 heavy (non-hydrogen) atoms. The smallest absolute Gasteiger partial charge is 0.0702 e. The Balaban J connectivity index is 0.000000606. The number of benzene rings is 1. The van der Waals surface area contributed by atoms with E-state index in [2.05, 4.69) is 45.4 Å². The lowest BCUT2D eigenvalue weighted by atomic mass is 10.1. The van der Waals surface area contributed by atoms with Crippen molar-refractivity contribution in [2.45, 2.75) is 20.8 Å². The molecule has 0 saturated carbocycles. The monoisotopic (exact) mass is 231 g/mol. The van der Waals surface area contributed by atoms with Crippen molar-refractivity contribution in [1.29, 1.82) is 0 Å². The number of aromatic nitrogens is 1. The van der Waals surface area contributed by atoms with Crippen LogP contribution in [0, 0.1) is 6.92 Å². The second-order valence-corrected chi connectivity index (χ2v) is 4.01. The Hall–Kier alpha value is -1.20. The van der Waals surface area contributed by atoms with Crippen LogP contribution in [0.1, 0.15) is 19.4 Å². The minimum absolute atomic E-state index is 1.02. The highest BCUT2D eigenvalue weighted by molar-refractivity contribution is 7.27. The van der Waals surface area contributed by atoms with E-state index in [4.69, 9.17) is 0 Å². The molecule has 0 spiro atoms. The predicted octanol–water partition coefficient (Wildman–Crippen LogP) is 3.58. The van der Waals surface area contributed by atoms with Crippen LogP contribution < -0.4 is 5.30 Å². The highest BCUT2D eigenvalue weighted by Gasteiger charge is 1.97. The highest BCUT2D eigenvalue weighted by Crippen LogP contribution is 2.16. The quantitative estimate of drug-likeness (QED) is 0.683. The van der Waals surface area contributed by atoms with Crippen LogP contribution in [0.5, 0.6) is 0 Å². The lowest BCUT2D eigenvalue weighted by Crippen LogP contribution is -1.92. The molecule has 2 aromatic rings. The van der Waals surface area contributed by atoms with Gasteiger partial charge in [0.2, 0.25) is 0 Å². The summed E-state index contributed by atoms with van der Waals surface area (Å²) in [6, 6.07) is 12.5. The number of hydrogen-bond acceptors (Lipinski definition) is 1. The molecule has 1 heterocycles. The molecule has 2 rings (SSSR count). The number of nitrogens with zero attached hydrogens (tertiary/aromatic N) is 1. The molecule has 2 heteroatoms. The maximum absolute atomic E-state index is 4.36. The lowest BCUT2D eigenvalue weighted by Gasteiger charge is -2.01. The zero-order valence-electron chi connectivity index (χ0n) is 10.1. The number of pyridine rings is 1. The fraction of sp³-hybridized carbons (Fsp3) is 0.214. The third kappa shape index (κ3) is 3.43. The summed E-state index contributed by atoms with van der Waals surface area (Å²) in [7, 11) is 2.63. The first kappa shape index (κ1) is 12.9. The number of rotatable bonds is 1. The Kier molecular flexibility index (Phi) is 5.14. The van der Waals surface area contributed by atoms with Crippen LogP contribution in [0.25, 0.3) is 11.3 Å². The van der Waals surface area contributed by atoms with Crippen LogP contribution in [-0.2, 0) is 0 Å². The first-order chi connectivity index (χ1) is 7.75. The molecule has 0 N–H and O–H groups in total. The second kappa shape index (κ2) is 6.40. The van der Waals surface area contributed by atoms with Gasteiger partial charge in [-0.25, -0.2) is 0 Å². The average molecular weight is 231 g/mol. The van der Waals surface area contributed by atoms with Crippen molar-refractivity contribution >= 4 is 14.5 Å². The summed E-state index contributed by atoms with van der Waals surface area (Å²) in [6.07, 6.45) is 1.86. The maximum Gasteiger partial charge on any atom is 0.0702 e. The van der Waals surface area contributed by atoms with Gasteiger partial charge in [-0.15, -0.1) is 9.24 Å². The van der Waals surface area contributed by atoms with Gasteiger partial charge in [-0.1, -0.05) is 49.7 Å². The highest BCUT2D eigenvalue weighted by atomic mass is 31.0. The van der Waals surface area contributed by atoms with Gasteiger partial charge >= 0.3 is 0 Å². The summed E-state index contributed by atoms with van der Waals surface area (Å²) >= 11 is 0. The van der Waals surface area contributed by atoms with E-state index in [1.54, 1.807) is 0 Å². The van der Waals surface area contributed by atoms with Gasteiger partial charge in [-0.3, -0.25) is 4.98 Å². The van der Waals surface area contributed by atoms with Gasteiger partial charge in [-0.2, -0.15) is 0 Å². The molecule has 84 valence electrons. The van der Waals surface area contributed by atoms with Crippen molar-refractivity contribution < 1.29 is 0 Å². The minimum atomic E-state index is 1.02. The fourth-order valence-electron chi connectivity index (χ4n) is 1.30. The standard InChI is InChI=1S/C12H12NP.C2H6/c1-9-2-4-10(5-3-9)12-7-6-11(14)8-13-12;1-2/h2-8H,14H2,1H3;1-2H3. The Morgan fingerprint density at radius 1 is 0.938 bits per heavy atom. The molecule has 0 aliphatic carbocycles. The third-order valence-corrected chi connectivity index (χ3v) is 2.48. The van der Waals surface area contributed by atoms with Gasteiger partial charge < -0.3 is 0 Å². The summed E-state index contributed by atoms with van der Waals surface area (Å²) in [5.41, 5.74) is 3.47. The molecule has 0 aliphatic rings. The van der Waals surface area contributed by atoms with Crippen molar-refractivity contribution in [2.24, 2.45) is 0 Å². The van der Waals surface area contributed by atoms with Crippen molar-refractivity contribution in [3.63, 3.8) is 0 Å². The first-order valence-corrected chi connectivity index (χ1v) is 6.12. The summed E-state index contributed by atoms with van der Waals surface area (Å²) in [4.78, 5) is 4.36. The minimum Gasteiger partial charge on any atom is -0.256 e. The molecular formula is C14H18NP. The van der Waals surface area contributed by atoms with Gasteiger partial charge in [0.15, 0.2) is 0 Å². The molecule has 1 aromatic heterocycles. The molecule has 0 saturated heterocycles. The average Bonchev–Trinajstić information content (AvgIpc) is 2.34. The molecule has 0 amide bonds. The molecule has 0 fully saturated rings. The van der Waals surface area contributed by atoms with Crippen LogP contribution in [0.15, 0.2) is 42.6 Å². The van der Waals surface area contributed by atoms with Gasteiger partial charge in [0, 0.05) is 11.8 Å². The van der Waals surface area contributed by atoms with Crippen molar-refractivity contribution in [2.75, 3.05) is 0 Å². The Labute approximate surface area is 100 Å². The second-order valence-electron chi connectivity index (χ2n) is 3.34. The lowest BCUT2D eigenvalue weighted by molar-refractivity contribution is 1.34. The van der Waals surface area contributed by atoms with Crippen LogP contribution in [0.3, 0.4) is 0 Å². The van der Waals surface area contributed by atoms with E-state index in [0.29, 0.717) is 0 Å². The largest absolute Gasteiger partial charge is 0.256 e. The summed E-state index contributed by atoms with van der Waals surface area (Å²) in [5.74, 6) is 0. The zero-order valence-corrected chi connectivity index (χ0v) is 11.2. The van der Waals surface area contributed by atoms with E-state index < -0.39 is 0 Å². The van der Waals surface area contributed by atoms with Crippen LogP contribution in [0.4, 0.5) is 0 Å². The molecule has 0 radical (unpaired) electrons. The van der Waals surface area contributed by atoms with E-state index in [0.717, 1.165) is 11.0 Å². The Morgan fingerprint density at radius 3 is 2.06 bits per heavy atom. The van der Waals surface area contributed by atoms with Gasteiger partial charge in [-0.05, 0) is 18.3 Å². The molecule has 1 aromatic carbocycles. The predicted molar refractivity (Wildman–Crippen MR) is 75.1 cm³/mol. The number of hydrogen-bond donors (Lipinski definition) is 0. The van der Waals surface area contributed by atoms with Gasteiger partial charge in [0.05, 0.1) is 5.69 Å². The van der Waals surface area contributed by atoms with E-state index in [9.17, 15) is 0 Å². The Morgan fingerprint density at radius 2 is 1.56 bits per heavy atom. The van der Waals surface area contributed by atoms with Crippen molar-refractivity contribution in [1.82, 2.24) is 4.98 Å². The topological polar surface area (TPSA) is 12.9 Å². The summed E-state index contributed by atoms with van der Waals surface area (Å²) < 4.78 is 0. The third-order valence-electron chi connectivity index (χ3n) is 2.13. The Bertz CT molecular complexity index is 374. The van der Waals surface area contributed by atoms with E-state index in [1.165, 1.54) is 11.1 Å². The fourth-order valence-corrected chi connectivity index (χ4v) is 1.47. The first-order valence-electron chi connectivity index (χ1n) is 5.54. The van der Waals surface area contributed by atoms with Gasteiger partial charge in [0.1, 0.15) is 0 Å². The van der Waals surface area contributed by atoms with Crippen molar-refractivity contribution in [3.8, 4) is 11.3 Å².